The fraction of sp³-hybridized carbons (Fsp3) is 0.423. The van der Waals surface area contributed by atoms with E-state index in [2.05, 4.69) is 20.9 Å². The molecular formula is C26H34N6O4. The number of benzene rings is 2. The Morgan fingerprint density at radius 1 is 0.889 bits per heavy atom. The zero-order valence-corrected chi connectivity index (χ0v) is 20.9. The van der Waals surface area contributed by atoms with E-state index in [-0.39, 0.29) is 18.8 Å². The number of methoxy groups -OCH3 is 1. The number of hydrogen-bond donors (Lipinski definition) is 3. The molecule has 36 heavy (non-hydrogen) atoms. The summed E-state index contributed by atoms with van der Waals surface area (Å²) in [4.78, 5) is 41.5. The molecule has 1 fully saturated rings. The van der Waals surface area contributed by atoms with Gasteiger partial charge in [0.15, 0.2) is 0 Å². The number of rotatable bonds is 9. The van der Waals surface area contributed by atoms with E-state index in [0.717, 1.165) is 25.3 Å². The lowest BCUT2D eigenvalue weighted by Gasteiger charge is -2.27. The van der Waals surface area contributed by atoms with Gasteiger partial charge in [0, 0.05) is 44.3 Å². The third-order valence-corrected chi connectivity index (χ3v) is 6.50. The monoisotopic (exact) mass is 494 g/mol. The van der Waals surface area contributed by atoms with Crippen molar-refractivity contribution in [3.05, 3.63) is 63.3 Å². The highest BCUT2D eigenvalue weighted by Gasteiger charge is 2.16. The predicted octanol–water partition coefficient (Wildman–Crippen LogP) is 2.98. The van der Waals surface area contributed by atoms with Crippen molar-refractivity contribution in [3.8, 4) is 0 Å². The zero-order chi connectivity index (χ0) is 25.5. The maximum Gasteiger partial charge on any atom is 0.331 e. The van der Waals surface area contributed by atoms with Crippen molar-refractivity contribution in [2.45, 2.75) is 32.4 Å². The topological polar surface area (TPSA) is 110 Å². The summed E-state index contributed by atoms with van der Waals surface area (Å²) in [6.07, 6.45) is 3.57. The SMILES string of the molecule is CNc1cccc(NC(=O)Nc2ccc3c(c2)c(=O)n(CCOC)c(=O)n3CCN2CCCCC2)c1. The third kappa shape index (κ3) is 5.95. The van der Waals surface area contributed by atoms with E-state index in [1.807, 2.05) is 18.2 Å². The minimum absolute atomic E-state index is 0.160. The van der Waals surface area contributed by atoms with Gasteiger partial charge in [0.1, 0.15) is 0 Å². The molecule has 0 saturated carbocycles. The number of nitrogens with one attached hydrogen (secondary N) is 3. The van der Waals surface area contributed by atoms with Gasteiger partial charge in [0.05, 0.1) is 24.1 Å². The van der Waals surface area contributed by atoms with Gasteiger partial charge >= 0.3 is 11.7 Å². The predicted molar refractivity (Wildman–Crippen MR) is 143 cm³/mol. The molecule has 1 aliphatic rings. The van der Waals surface area contributed by atoms with Gasteiger partial charge in [-0.25, -0.2) is 9.59 Å². The fourth-order valence-corrected chi connectivity index (χ4v) is 4.57. The number of aromatic nitrogens is 2. The van der Waals surface area contributed by atoms with Crippen molar-refractivity contribution in [2.24, 2.45) is 0 Å². The van der Waals surface area contributed by atoms with Gasteiger partial charge in [-0.1, -0.05) is 12.5 Å². The molecule has 192 valence electrons. The Morgan fingerprint density at radius 2 is 1.61 bits per heavy atom. The van der Waals surface area contributed by atoms with Crippen LogP contribution in [0, 0.1) is 0 Å². The Labute approximate surface area is 209 Å². The van der Waals surface area contributed by atoms with Crippen LogP contribution in [-0.4, -0.2) is 60.5 Å². The number of anilines is 3. The molecule has 0 radical (unpaired) electrons. The molecule has 0 bridgehead atoms. The molecule has 10 heteroatoms. The summed E-state index contributed by atoms with van der Waals surface area (Å²) in [5.41, 5.74) is 1.78. The Bertz CT molecular complexity index is 1330. The number of amides is 2. The summed E-state index contributed by atoms with van der Waals surface area (Å²) < 4.78 is 8.00. The van der Waals surface area contributed by atoms with E-state index < -0.39 is 11.6 Å². The van der Waals surface area contributed by atoms with Crippen molar-refractivity contribution in [2.75, 3.05) is 56.3 Å². The number of nitrogens with zero attached hydrogens (tertiary/aromatic N) is 3. The highest BCUT2D eigenvalue weighted by atomic mass is 16.5. The average molecular weight is 495 g/mol. The molecule has 0 aliphatic carbocycles. The highest BCUT2D eigenvalue weighted by Crippen LogP contribution is 2.18. The number of carbonyl (C=O) groups excluding carboxylic acids is 1. The number of likely N-dealkylation sites (tertiary alicyclic amines) is 1. The molecule has 0 spiro atoms. The van der Waals surface area contributed by atoms with Crippen LogP contribution in [0.3, 0.4) is 0 Å². The van der Waals surface area contributed by atoms with Crippen LogP contribution in [0.2, 0.25) is 0 Å². The van der Waals surface area contributed by atoms with Crippen LogP contribution in [0.25, 0.3) is 10.9 Å². The van der Waals surface area contributed by atoms with Crippen molar-refractivity contribution in [1.29, 1.82) is 0 Å². The fourth-order valence-electron chi connectivity index (χ4n) is 4.57. The van der Waals surface area contributed by atoms with E-state index in [4.69, 9.17) is 4.74 Å². The second-order valence-corrected chi connectivity index (χ2v) is 8.93. The summed E-state index contributed by atoms with van der Waals surface area (Å²) >= 11 is 0. The molecule has 1 aliphatic heterocycles. The lowest BCUT2D eigenvalue weighted by atomic mass is 10.1. The normalized spacial score (nSPS) is 14.1. The molecule has 0 atom stereocenters. The second-order valence-electron chi connectivity index (χ2n) is 8.93. The van der Waals surface area contributed by atoms with E-state index >= 15 is 0 Å². The number of urea groups is 1. The van der Waals surface area contributed by atoms with Crippen LogP contribution in [0.5, 0.6) is 0 Å². The van der Waals surface area contributed by atoms with E-state index in [1.165, 1.54) is 30.9 Å². The highest BCUT2D eigenvalue weighted by molar-refractivity contribution is 6.01. The molecular weight excluding hydrogens is 460 g/mol. The zero-order valence-electron chi connectivity index (χ0n) is 20.9. The number of carbonyl (C=O) groups is 1. The van der Waals surface area contributed by atoms with Crippen LogP contribution in [0.15, 0.2) is 52.1 Å². The summed E-state index contributed by atoms with van der Waals surface area (Å²) in [5, 5.41) is 8.99. The first kappa shape index (κ1) is 25.5. The average Bonchev–Trinajstić information content (AvgIpc) is 2.89. The first-order chi connectivity index (χ1) is 17.5. The molecule has 4 rings (SSSR count). The van der Waals surface area contributed by atoms with Crippen LogP contribution in [0.1, 0.15) is 19.3 Å². The van der Waals surface area contributed by atoms with Crippen molar-refractivity contribution < 1.29 is 9.53 Å². The van der Waals surface area contributed by atoms with E-state index in [0.29, 0.717) is 28.8 Å². The van der Waals surface area contributed by atoms with Crippen molar-refractivity contribution >= 4 is 34.0 Å². The molecule has 2 aromatic carbocycles. The van der Waals surface area contributed by atoms with Crippen molar-refractivity contribution in [1.82, 2.24) is 14.0 Å². The van der Waals surface area contributed by atoms with E-state index in [9.17, 15) is 14.4 Å². The maximum atomic E-state index is 13.3. The number of hydrogen-bond acceptors (Lipinski definition) is 6. The van der Waals surface area contributed by atoms with Gasteiger partial charge in [0.25, 0.3) is 5.56 Å². The molecule has 3 N–H and O–H groups in total. The molecule has 3 aromatic rings. The molecule has 10 nitrogen and oxygen atoms in total. The largest absolute Gasteiger partial charge is 0.388 e. The summed E-state index contributed by atoms with van der Waals surface area (Å²) in [7, 11) is 3.34. The van der Waals surface area contributed by atoms with E-state index in [1.54, 1.807) is 35.9 Å². The van der Waals surface area contributed by atoms with Gasteiger partial charge in [0.2, 0.25) is 0 Å². The Balaban J connectivity index is 1.62. The minimum atomic E-state index is -0.430. The smallest absolute Gasteiger partial charge is 0.331 e. The Hall–Kier alpha value is -3.63. The second kappa shape index (κ2) is 11.9. The number of fused-ring (bicyclic) bond motifs is 1. The van der Waals surface area contributed by atoms with Crippen LogP contribution in [0.4, 0.5) is 21.9 Å². The minimum Gasteiger partial charge on any atom is -0.388 e. The molecule has 1 aromatic heterocycles. The van der Waals surface area contributed by atoms with Crippen LogP contribution >= 0.6 is 0 Å². The molecule has 2 amide bonds. The van der Waals surface area contributed by atoms with Gasteiger partial charge in [-0.05, 0) is 62.3 Å². The number of ether oxygens (including phenoxy) is 1. The Kier molecular flexibility index (Phi) is 8.40. The first-order valence-corrected chi connectivity index (χ1v) is 12.3. The summed E-state index contributed by atoms with van der Waals surface area (Å²) in [6.45, 7) is 3.68. The van der Waals surface area contributed by atoms with Gasteiger partial charge in [-0.3, -0.25) is 13.9 Å². The third-order valence-electron chi connectivity index (χ3n) is 6.50. The van der Waals surface area contributed by atoms with Gasteiger partial charge < -0.3 is 25.6 Å². The molecule has 0 unspecified atom stereocenters. The van der Waals surface area contributed by atoms with Gasteiger partial charge in [-0.15, -0.1) is 0 Å². The summed E-state index contributed by atoms with van der Waals surface area (Å²) in [6, 6.07) is 12.0. The lowest BCUT2D eigenvalue weighted by Crippen LogP contribution is -2.43. The molecule has 2 heterocycles. The quantitative estimate of drug-likeness (QED) is 0.422. The number of piperidine rings is 1. The Morgan fingerprint density at radius 3 is 2.33 bits per heavy atom. The van der Waals surface area contributed by atoms with Crippen molar-refractivity contribution in [3.63, 3.8) is 0 Å². The standard InChI is InChI=1S/C26H34N6O4/c1-27-19-7-6-8-20(17-19)28-25(34)29-21-9-10-23-22(18-21)24(33)32(15-16-36-2)26(35)31(23)14-13-30-11-4-3-5-12-30/h6-10,17-18,27H,3-5,11-16H2,1-2H3,(H2,28,29,34). The maximum absolute atomic E-state index is 13.3. The first-order valence-electron chi connectivity index (χ1n) is 12.3. The summed E-state index contributed by atoms with van der Waals surface area (Å²) in [5.74, 6) is 0. The van der Waals surface area contributed by atoms with Crippen LogP contribution < -0.4 is 27.2 Å². The van der Waals surface area contributed by atoms with Crippen LogP contribution in [-0.2, 0) is 17.8 Å². The molecule has 1 saturated heterocycles. The van der Waals surface area contributed by atoms with Gasteiger partial charge in [-0.2, -0.15) is 0 Å². The lowest BCUT2D eigenvalue weighted by molar-refractivity contribution is 0.183.